The molecule has 0 atom stereocenters. The van der Waals surface area contributed by atoms with E-state index >= 15 is 0 Å². The van der Waals surface area contributed by atoms with Crippen LogP contribution in [0.3, 0.4) is 0 Å². The van der Waals surface area contributed by atoms with E-state index in [9.17, 15) is 0 Å². The number of nitrogens with two attached hydrogens (primary N) is 1. The third-order valence-corrected chi connectivity index (χ3v) is 1.71. The van der Waals surface area contributed by atoms with Gasteiger partial charge in [0.15, 0.2) is 0 Å². The molecule has 2 N–H and O–H groups in total. The Morgan fingerprint density at radius 3 is 2.87 bits per heavy atom. The normalized spacial score (nSPS) is 9.60. The smallest absolute Gasteiger partial charge is 0.120 e. The molecule has 1 rings (SSSR count). The van der Waals surface area contributed by atoms with E-state index in [2.05, 4.69) is 11.8 Å². The Morgan fingerprint density at radius 1 is 1.40 bits per heavy atom. The molecule has 0 aromatic heterocycles. The molecule has 1 aromatic rings. The van der Waals surface area contributed by atoms with Crippen LogP contribution in [-0.2, 0) is 0 Å². The highest BCUT2D eigenvalue weighted by Crippen LogP contribution is 2.13. The van der Waals surface area contributed by atoms with Crippen LogP contribution in [0.25, 0.3) is 0 Å². The minimum absolute atomic E-state index is 0.192. The van der Waals surface area contributed by atoms with Gasteiger partial charge in [0.05, 0.1) is 6.10 Å². The first kappa shape index (κ1) is 11.6. The Hall–Kier alpha value is -1.46. The van der Waals surface area contributed by atoms with Crippen LogP contribution in [0.2, 0.25) is 0 Å². The van der Waals surface area contributed by atoms with Crippen LogP contribution in [0.15, 0.2) is 24.3 Å². The molecule has 15 heavy (non-hydrogen) atoms. The molecule has 0 amide bonds. The fourth-order valence-electron chi connectivity index (χ4n) is 1.16. The molecule has 0 heterocycles. The summed E-state index contributed by atoms with van der Waals surface area (Å²) in [4.78, 5) is 0. The predicted molar refractivity (Wildman–Crippen MR) is 62.8 cm³/mol. The lowest BCUT2D eigenvalue weighted by Gasteiger charge is -2.09. The summed E-state index contributed by atoms with van der Waals surface area (Å²) < 4.78 is 5.57. The monoisotopic (exact) mass is 203 g/mol. The van der Waals surface area contributed by atoms with E-state index in [-0.39, 0.29) is 6.10 Å². The summed E-state index contributed by atoms with van der Waals surface area (Å²) in [6.07, 6.45) is 0.923. The van der Waals surface area contributed by atoms with Gasteiger partial charge in [-0.25, -0.2) is 0 Å². The molecule has 0 fully saturated rings. The van der Waals surface area contributed by atoms with E-state index in [1.807, 2.05) is 38.1 Å². The lowest BCUT2D eigenvalue weighted by molar-refractivity contribution is 0.242. The van der Waals surface area contributed by atoms with Gasteiger partial charge in [-0.3, -0.25) is 0 Å². The van der Waals surface area contributed by atoms with Crippen LogP contribution in [0.1, 0.15) is 25.8 Å². The Bertz CT molecular complexity index is 360. The predicted octanol–water partition coefficient (Wildman–Crippen LogP) is 2.17. The van der Waals surface area contributed by atoms with E-state index < -0.39 is 0 Å². The van der Waals surface area contributed by atoms with Gasteiger partial charge in [0, 0.05) is 18.5 Å². The Labute approximate surface area is 91.4 Å². The van der Waals surface area contributed by atoms with Crippen molar-refractivity contribution in [2.75, 3.05) is 6.54 Å². The Morgan fingerprint density at radius 2 is 2.20 bits per heavy atom. The number of hydrogen-bond donors (Lipinski definition) is 1. The SMILES string of the molecule is CC(C)Oc1cccc(C#CCCN)c1. The minimum atomic E-state index is 0.192. The van der Waals surface area contributed by atoms with Gasteiger partial charge in [0.2, 0.25) is 0 Å². The molecule has 0 aliphatic heterocycles. The molecule has 1 aromatic carbocycles. The van der Waals surface area contributed by atoms with Gasteiger partial charge >= 0.3 is 0 Å². The van der Waals surface area contributed by atoms with Gasteiger partial charge in [-0.2, -0.15) is 0 Å². The lowest BCUT2D eigenvalue weighted by atomic mass is 10.2. The molecule has 0 bridgehead atoms. The summed E-state index contributed by atoms with van der Waals surface area (Å²) in [5.74, 6) is 6.92. The average molecular weight is 203 g/mol. The van der Waals surface area contributed by atoms with Crippen molar-refractivity contribution in [1.29, 1.82) is 0 Å². The molecule has 0 unspecified atom stereocenters. The third kappa shape index (κ3) is 4.53. The van der Waals surface area contributed by atoms with Crippen molar-refractivity contribution in [3.63, 3.8) is 0 Å². The van der Waals surface area contributed by atoms with Crippen LogP contribution in [0.4, 0.5) is 0 Å². The first-order valence-corrected chi connectivity index (χ1v) is 5.18. The first-order chi connectivity index (χ1) is 7.22. The second-order valence-corrected chi connectivity index (χ2v) is 3.53. The molecule has 0 spiro atoms. The van der Waals surface area contributed by atoms with E-state index in [1.54, 1.807) is 0 Å². The molecule has 0 aliphatic rings. The summed E-state index contributed by atoms with van der Waals surface area (Å²) in [6.45, 7) is 4.62. The van der Waals surface area contributed by atoms with Crippen LogP contribution >= 0.6 is 0 Å². The van der Waals surface area contributed by atoms with E-state index in [0.29, 0.717) is 6.54 Å². The van der Waals surface area contributed by atoms with Crippen molar-refractivity contribution >= 4 is 0 Å². The molecule has 0 aliphatic carbocycles. The van der Waals surface area contributed by atoms with Gasteiger partial charge < -0.3 is 10.5 Å². The van der Waals surface area contributed by atoms with Crippen LogP contribution < -0.4 is 10.5 Å². The molecular formula is C13H17NO. The van der Waals surface area contributed by atoms with Crippen molar-refractivity contribution < 1.29 is 4.74 Å². The second kappa shape index (κ2) is 6.10. The van der Waals surface area contributed by atoms with Gasteiger partial charge in [0.1, 0.15) is 5.75 Å². The molecule has 2 nitrogen and oxygen atoms in total. The molecule has 80 valence electrons. The summed E-state index contributed by atoms with van der Waals surface area (Å²) in [7, 11) is 0. The Kier molecular flexibility index (Phi) is 4.73. The minimum Gasteiger partial charge on any atom is -0.491 e. The summed E-state index contributed by atoms with van der Waals surface area (Å²) in [5, 5.41) is 0. The maximum Gasteiger partial charge on any atom is 0.120 e. The van der Waals surface area contributed by atoms with E-state index in [4.69, 9.17) is 10.5 Å². The molecule has 0 radical (unpaired) electrons. The van der Waals surface area contributed by atoms with Gasteiger partial charge in [-0.1, -0.05) is 17.9 Å². The van der Waals surface area contributed by atoms with E-state index in [0.717, 1.165) is 17.7 Å². The highest BCUT2D eigenvalue weighted by molar-refractivity contribution is 5.39. The zero-order valence-corrected chi connectivity index (χ0v) is 9.29. The quantitative estimate of drug-likeness (QED) is 0.764. The topological polar surface area (TPSA) is 35.2 Å². The molecule has 0 saturated heterocycles. The van der Waals surface area contributed by atoms with Crippen molar-refractivity contribution in [2.45, 2.75) is 26.4 Å². The third-order valence-electron chi connectivity index (χ3n) is 1.71. The van der Waals surface area contributed by atoms with Crippen molar-refractivity contribution in [3.8, 4) is 17.6 Å². The largest absolute Gasteiger partial charge is 0.491 e. The Balaban J connectivity index is 2.71. The van der Waals surface area contributed by atoms with Gasteiger partial charge in [-0.05, 0) is 32.0 Å². The second-order valence-electron chi connectivity index (χ2n) is 3.53. The van der Waals surface area contributed by atoms with Crippen LogP contribution in [-0.4, -0.2) is 12.6 Å². The average Bonchev–Trinajstić information content (AvgIpc) is 2.18. The summed E-state index contributed by atoms with van der Waals surface area (Å²) in [6, 6.07) is 7.80. The highest BCUT2D eigenvalue weighted by atomic mass is 16.5. The highest BCUT2D eigenvalue weighted by Gasteiger charge is 1.97. The van der Waals surface area contributed by atoms with Gasteiger partial charge in [0.25, 0.3) is 0 Å². The van der Waals surface area contributed by atoms with Gasteiger partial charge in [-0.15, -0.1) is 0 Å². The summed E-state index contributed by atoms with van der Waals surface area (Å²) >= 11 is 0. The standard InChI is InChI=1S/C13H17NO/c1-11(2)15-13-8-5-7-12(10-13)6-3-4-9-14/h5,7-8,10-11H,4,9,14H2,1-2H3. The maximum absolute atomic E-state index is 5.57. The fourth-order valence-corrected chi connectivity index (χ4v) is 1.16. The first-order valence-electron chi connectivity index (χ1n) is 5.18. The number of ether oxygens (including phenoxy) is 1. The fraction of sp³-hybridized carbons (Fsp3) is 0.385. The zero-order chi connectivity index (χ0) is 11.1. The molecule has 0 saturated carbocycles. The number of benzene rings is 1. The van der Waals surface area contributed by atoms with Crippen molar-refractivity contribution in [1.82, 2.24) is 0 Å². The zero-order valence-electron chi connectivity index (χ0n) is 9.29. The van der Waals surface area contributed by atoms with Crippen LogP contribution in [0.5, 0.6) is 5.75 Å². The maximum atomic E-state index is 5.57. The van der Waals surface area contributed by atoms with Crippen molar-refractivity contribution in [3.05, 3.63) is 29.8 Å². The lowest BCUT2D eigenvalue weighted by Crippen LogP contribution is -2.05. The van der Waals surface area contributed by atoms with E-state index in [1.165, 1.54) is 0 Å². The summed E-state index contributed by atoms with van der Waals surface area (Å²) in [5.41, 5.74) is 6.33. The number of hydrogen-bond acceptors (Lipinski definition) is 2. The molecular weight excluding hydrogens is 186 g/mol. The number of rotatable bonds is 3. The van der Waals surface area contributed by atoms with Crippen LogP contribution in [0, 0.1) is 11.8 Å². The van der Waals surface area contributed by atoms with Crippen molar-refractivity contribution in [2.24, 2.45) is 5.73 Å². The molecule has 2 heteroatoms.